The zero-order chi connectivity index (χ0) is 10.1. The van der Waals surface area contributed by atoms with E-state index < -0.39 is 0 Å². The fraction of sp³-hybridized carbons (Fsp3) is 0.538. The van der Waals surface area contributed by atoms with E-state index in [4.69, 9.17) is 0 Å². The summed E-state index contributed by atoms with van der Waals surface area (Å²) < 4.78 is 0. The summed E-state index contributed by atoms with van der Waals surface area (Å²) in [6.45, 7) is 4.37. The smallest absolute Gasteiger partial charge is 0.0214 e. The third-order valence-electron chi connectivity index (χ3n) is 3.14. The molecule has 1 aromatic rings. The molecular weight excluding hydrogens is 236 g/mol. The zero-order valence-electron chi connectivity index (χ0n) is 8.89. The van der Waals surface area contributed by atoms with Gasteiger partial charge in [0, 0.05) is 4.83 Å². The van der Waals surface area contributed by atoms with Crippen molar-refractivity contribution in [1.29, 1.82) is 0 Å². The van der Waals surface area contributed by atoms with Gasteiger partial charge in [-0.1, -0.05) is 34.1 Å². The van der Waals surface area contributed by atoms with E-state index in [0.717, 1.165) is 5.92 Å². The van der Waals surface area contributed by atoms with Gasteiger partial charge in [-0.05, 0) is 55.7 Å². The summed E-state index contributed by atoms with van der Waals surface area (Å²) in [6, 6.07) is 6.82. The van der Waals surface area contributed by atoms with E-state index in [9.17, 15) is 0 Å². The first-order valence-electron chi connectivity index (χ1n) is 5.37. The van der Waals surface area contributed by atoms with Gasteiger partial charge in [-0.2, -0.15) is 0 Å². The molecule has 1 fully saturated rings. The molecule has 0 heterocycles. The van der Waals surface area contributed by atoms with Crippen molar-refractivity contribution in [3.8, 4) is 0 Å². The van der Waals surface area contributed by atoms with Gasteiger partial charge in [0.1, 0.15) is 0 Å². The van der Waals surface area contributed by atoms with Crippen LogP contribution in [0.25, 0.3) is 0 Å². The Bertz CT molecular complexity index is 326. The van der Waals surface area contributed by atoms with E-state index in [-0.39, 0.29) is 0 Å². The Hall–Kier alpha value is -0.300. The molecule has 14 heavy (non-hydrogen) atoms. The van der Waals surface area contributed by atoms with Crippen LogP contribution in [0.15, 0.2) is 18.2 Å². The van der Waals surface area contributed by atoms with Crippen molar-refractivity contribution in [2.75, 3.05) is 0 Å². The molecule has 0 saturated heterocycles. The second kappa shape index (κ2) is 4.06. The van der Waals surface area contributed by atoms with Crippen LogP contribution in [0.4, 0.5) is 0 Å². The molecule has 76 valence electrons. The highest BCUT2D eigenvalue weighted by atomic mass is 79.9. The molecule has 0 aliphatic heterocycles. The second-order valence-corrected chi connectivity index (χ2v) is 5.65. The van der Waals surface area contributed by atoms with Crippen LogP contribution >= 0.6 is 15.9 Å². The van der Waals surface area contributed by atoms with Gasteiger partial charge in [0.2, 0.25) is 0 Å². The Labute approximate surface area is 94.8 Å². The van der Waals surface area contributed by atoms with E-state index in [0.29, 0.717) is 4.83 Å². The molecule has 0 bridgehead atoms. The first-order chi connectivity index (χ1) is 6.66. The lowest BCUT2D eigenvalue weighted by Crippen LogP contribution is -2.05. The molecule has 0 spiro atoms. The van der Waals surface area contributed by atoms with Gasteiger partial charge >= 0.3 is 0 Å². The maximum atomic E-state index is 3.78. The molecular formula is C13H17Br. The summed E-state index contributed by atoms with van der Waals surface area (Å²) in [5.74, 6) is 0.941. The monoisotopic (exact) mass is 252 g/mol. The van der Waals surface area contributed by atoms with Crippen molar-refractivity contribution in [2.45, 2.75) is 37.9 Å². The summed E-state index contributed by atoms with van der Waals surface area (Å²) in [5, 5.41) is 0. The van der Waals surface area contributed by atoms with Gasteiger partial charge in [-0.15, -0.1) is 0 Å². The van der Waals surface area contributed by atoms with Crippen LogP contribution in [0.5, 0.6) is 0 Å². The van der Waals surface area contributed by atoms with Gasteiger partial charge in [-0.3, -0.25) is 0 Å². The van der Waals surface area contributed by atoms with E-state index in [1.165, 1.54) is 36.0 Å². The lowest BCUT2D eigenvalue weighted by Gasteiger charge is -2.09. The van der Waals surface area contributed by atoms with Crippen LogP contribution in [-0.2, 0) is 6.42 Å². The molecule has 0 aromatic heterocycles. The Morgan fingerprint density at radius 1 is 1.29 bits per heavy atom. The zero-order valence-corrected chi connectivity index (χ0v) is 10.5. The molecule has 2 rings (SSSR count). The molecule has 0 radical (unpaired) electrons. The van der Waals surface area contributed by atoms with E-state index in [2.05, 4.69) is 48.0 Å². The lowest BCUT2D eigenvalue weighted by molar-refractivity contribution is 0.760. The van der Waals surface area contributed by atoms with Crippen molar-refractivity contribution >= 4 is 15.9 Å². The molecule has 1 heteroatoms. The second-order valence-electron chi connectivity index (χ2n) is 4.48. The van der Waals surface area contributed by atoms with Crippen molar-refractivity contribution < 1.29 is 0 Å². The minimum atomic E-state index is 0.699. The maximum absolute atomic E-state index is 3.78. The van der Waals surface area contributed by atoms with Gasteiger partial charge in [-0.25, -0.2) is 0 Å². The number of hydrogen-bond donors (Lipinski definition) is 0. The minimum absolute atomic E-state index is 0.699. The quantitative estimate of drug-likeness (QED) is 0.714. The topological polar surface area (TPSA) is 0 Å². The first kappa shape index (κ1) is 10.2. The highest BCUT2D eigenvalue weighted by Gasteiger charge is 2.29. The maximum Gasteiger partial charge on any atom is 0.0214 e. The van der Waals surface area contributed by atoms with Crippen LogP contribution in [0.3, 0.4) is 0 Å². The molecule has 0 nitrogen and oxygen atoms in total. The molecule has 1 aliphatic rings. The molecule has 1 atom stereocenters. The number of hydrogen-bond acceptors (Lipinski definition) is 0. The highest BCUT2D eigenvalue weighted by molar-refractivity contribution is 9.09. The average molecular weight is 253 g/mol. The molecule has 0 amide bonds. The van der Waals surface area contributed by atoms with Gasteiger partial charge < -0.3 is 0 Å². The predicted molar refractivity (Wildman–Crippen MR) is 65.1 cm³/mol. The van der Waals surface area contributed by atoms with Crippen LogP contribution in [-0.4, -0.2) is 4.83 Å². The van der Waals surface area contributed by atoms with Crippen LogP contribution < -0.4 is 0 Å². The summed E-state index contributed by atoms with van der Waals surface area (Å²) in [5.41, 5.74) is 4.28. The van der Waals surface area contributed by atoms with Crippen molar-refractivity contribution in [2.24, 2.45) is 5.92 Å². The number of alkyl halides is 1. The van der Waals surface area contributed by atoms with E-state index in [1.807, 2.05) is 0 Å². The van der Waals surface area contributed by atoms with Crippen LogP contribution in [0.2, 0.25) is 0 Å². The largest absolute Gasteiger partial charge is 0.0884 e. The predicted octanol–water partition coefficient (Wildman–Crippen LogP) is 4.02. The van der Waals surface area contributed by atoms with E-state index >= 15 is 0 Å². The third-order valence-corrected chi connectivity index (χ3v) is 4.21. The van der Waals surface area contributed by atoms with Gasteiger partial charge in [0.05, 0.1) is 0 Å². The standard InChI is InChI=1S/C13H17Br/c1-9-3-4-11(7-10(9)2)8-13(14)12-5-6-12/h3-4,7,12-13H,5-6,8H2,1-2H3. The third kappa shape index (κ3) is 2.38. The van der Waals surface area contributed by atoms with Crippen LogP contribution in [0.1, 0.15) is 29.5 Å². The summed E-state index contributed by atoms with van der Waals surface area (Å²) in [6.07, 6.45) is 4.02. The summed E-state index contributed by atoms with van der Waals surface area (Å²) in [7, 11) is 0. The minimum Gasteiger partial charge on any atom is -0.0884 e. The molecule has 1 aliphatic carbocycles. The van der Waals surface area contributed by atoms with Crippen molar-refractivity contribution in [3.05, 3.63) is 34.9 Å². The SMILES string of the molecule is Cc1ccc(CC(Br)C2CC2)cc1C. The van der Waals surface area contributed by atoms with Crippen molar-refractivity contribution in [1.82, 2.24) is 0 Å². The first-order valence-corrected chi connectivity index (χ1v) is 6.28. The van der Waals surface area contributed by atoms with E-state index in [1.54, 1.807) is 0 Å². The Morgan fingerprint density at radius 2 is 2.00 bits per heavy atom. The van der Waals surface area contributed by atoms with Crippen molar-refractivity contribution in [3.63, 3.8) is 0 Å². The Morgan fingerprint density at radius 3 is 2.57 bits per heavy atom. The fourth-order valence-corrected chi connectivity index (χ4v) is 2.68. The summed E-state index contributed by atoms with van der Waals surface area (Å²) in [4.78, 5) is 0.699. The highest BCUT2D eigenvalue weighted by Crippen LogP contribution is 2.38. The number of aryl methyl sites for hydroxylation is 2. The molecule has 1 saturated carbocycles. The number of rotatable bonds is 3. The van der Waals surface area contributed by atoms with Gasteiger partial charge in [0.15, 0.2) is 0 Å². The van der Waals surface area contributed by atoms with Crippen LogP contribution in [0, 0.1) is 19.8 Å². The number of halogens is 1. The average Bonchev–Trinajstić information content (AvgIpc) is 2.94. The Balaban J connectivity index is 2.04. The number of benzene rings is 1. The lowest BCUT2D eigenvalue weighted by atomic mass is 10.0. The molecule has 1 unspecified atom stereocenters. The normalized spacial score (nSPS) is 18.2. The summed E-state index contributed by atoms with van der Waals surface area (Å²) >= 11 is 3.78. The Kier molecular flexibility index (Phi) is 2.96. The molecule has 1 aromatic carbocycles. The molecule has 0 N–H and O–H groups in total. The van der Waals surface area contributed by atoms with Gasteiger partial charge in [0.25, 0.3) is 0 Å². The fourth-order valence-electron chi connectivity index (χ4n) is 1.78.